The van der Waals surface area contributed by atoms with Crippen LogP contribution in [-0.2, 0) is 10.0 Å². The highest BCUT2D eigenvalue weighted by Gasteiger charge is 2.34. The number of rotatable bonds is 7. The summed E-state index contributed by atoms with van der Waals surface area (Å²) in [5, 5.41) is 11.6. The van der Waals surface area contributed by atoms with Crippen LogP contribution in [0.3, 0.4) is 0 Å². The number of hydrogen-bond donors (Lipinski definition) is 0. The molecule has 1 saturated heterocycles. The maximum Gasteiger partial charge on any atom is 0.286 e. The summed E-state index contributed by atoms with van der Waals surface area (Å²) in [4.78, 5) is 24.5. The number of nitro benzene ring substituents is 1. The van der Waals surface area contributed by atoms with Gasteiger partial charge in [-0.2, -0.15) is 4.31 Å². The molecule has 0 bridgehead atoms. The number of ether oxygens (including phenoxy) is 2. The van der Waals surface area contributed by atoms with Crippen LogP contribution in [0.25, 0.3) is 0 Å². The zero-order valence-electron chi connectivity index (χ0n) is 17.8. The van der Waals surface area contributed by atoms with Crippen molar-refractivity contribution in [2.45, 2.75) is 11.8 Å². The molecule has 2 aromatic carbocycles. The molecule has 0 spiro atoms. The molecule has 0 radical (unpaired) electrons. The van der Waals surface area contributed by atoms with Crippen molar-refractivity contribution >= 4 is 21.6 Å². The second-order valence-electron chi connectivity index (χ2n) is 6.98. The van der Waals surface area contributed by atoms with E-state index in [2.05, 4.69) is 0 Å². The van der Waals surface area contributed by atoms with Gasteiger partial charge in [0.05, 0.1) is 24.7 Å². The SMILES string of the molecule is CCOc1cc([N+](=O)[O-])c(C(=O)N2CCN(S(=O)(=O)c3ccc(F)cc3F)CC2)cc1OC. The Morgan fingerprint density at radius 3 is 2.33 bits per heavy atom. The van der Waals surface area contributed by atoms with Crippen molar-refractivity contribution in [1.29, 1.82) is 0 Å². The molecule has 0 aliphatic carbocycles. The smallest absolute Gasteiger partial charge is 0.286 e. The van der Waals surface area contributed by atoms with Crippen LogP contribution in [0.1, 0.15) is 17.3 Å². The third-order valence-electron chi connectivity index (χ3n) is 5.05. The summed E-state index contributed by atoms with van der Waals surface area (Å²) in [6, 6.07) is 4.47. The summed E-state index contributed by atoms with van der Waals surface area (Å²) >= 11 is 0. The Kier molecular flexibility index (Phi) is 7.12. The minimum Gasteiger partial charge on any atom is -0.493 e. The molecule has 1 aliphatic rings. The molecule has 1 heterocycles. The molecular weight excluding hydrogens is 464 g/mol. The number of nitro groups is 1. The molecule has 1 aliphatic heterocycles. The van der Waals surface area contributed by atoms with Crippen molar-refractivity contribution in [3.63, 3.8) is 0 Å². The number of halogens is 2. The Bertz CT molecular complexity index is 1180. The van der Waals surface area contributed by atoms with Crippen LogP contribution in [-0.4, -0.2) is 68.3 Å². The molecule has 2 aromatic rings. The topological polar surface area (TPSA) is 119 Å². The highest BCUT2D eigenvalue weighted by Crippen LogP contribution is 2.35. The number of amides is 1. The van der Waals surface area contributed by atoms with Crippen molar-refractivity contribution in [3.05, 3.63) is 57.6 Å². The molecule has 10 nitrogen and oxygen atoms in total. The first-order valence-electron chi connectivity index (χ1n) is 9.83. The first-order chi connectivity index (χ1) is 15.6. The quantitative estimate of drug-likeness (QED) is 0.436. The molecule has 178 valence electrons. The van der Waals surface area contributed by atoms with E-state index in [4.69, 9.17) is 9.47 Å². The zero-order chi connectivity index (χ0) is 24.3. The van der Waals surface area contributed by atoms with E-state index in [9.17, 15) is 32.1 Å². The van der Waals surface area contributed by atoms with Crippen LogP contribution in [0.2, 0.25) is 0 Å². The molecule has 33 heavy (non-hydrogen) atoms. The van der Waals surface area contributed by atoms with E-state index in [0.29, 0.717) is 6.07 Å². The van der Waals surface area contributed by atoms with Crippen LogP contribution >= 0.6 is 0 Å². The summed E-state index contributed by atoms with van der Waals surface area (Å²) in [5.41, 5.74) is -0.714. The van der Waals surface area contributed by atoms with E-state index in [1.807, 2.05) is 0 Å². The molecule has 1 amide bonds. The molecule has 0 aromatic heterocycles. The monoisotopic (exact) mass is 485 g/mol. The fraction of sp³-hybridized carbons (Fsp3) is 0.350. The lowest BCUT2D eigenvalue weighted by Crippen LogP contribution is -2.50. The summed E-state index contributed by atoms with van der Waals surface area (Å²) in [6.07, 6.45) is 0. The van der Waals surface area contributed by atoms with E-state index in [-0.39, 0.29) is 49.8 Å². The third kappa shape index (κ3) is 4.88. The second kappa shape index (κ2) is 9.67. The highest BCUT2D eigenvalue weighted by atomic mass is 32.2. The van der Waals surface area contributed by atoms with Gasteiger partial charge >= 0.3 is 0 Å². The molecule has 13 heteroatoms. The van der Waals surface area contributed by atoms with Gasteiger partial charge in [-0.15, -0.1) is 0 Å². The minimum absolute atomic E-state index is 0.0897. The number of methoxy groups -OCH3 is 1. The maximum atomic E-state index is 14.0. The van der Waals surface area contributed by atoms with Gasteiger partial charge < -0.3 is 14.4 Å². The van der Waals surface area contributed by atoms with E-state index < -0.39 is 43.1 Å². The van der Waals surface area contributed by atoms with Gasteiger partial charge in [0, 0.05) is 38.3 Å². The minimum atomic E-state index is -4.26. The normalized spacial score (nSPS) is 14.7. The predicted molar refractivity (Wildman–Crippen MR) is 112 cm³/mol. The largest absolute Gasteiger partial charge is 0.493 e. The highest BCUT2D eigenvalue weighted by molar-refractivity contribution is 7.89. The summed E-state index contributed by atoms with van der Waals surface area (Å²) in [7, 11) is -2.93. The number of carbonyl (C=O) groups is 1. The van der Waals surface area contributed by atoms with Crippen LogP contribution in [0.5, 0.6) is 11.5 Å². The average molecular weight is 485 g/mol. The van der Waals surface area contributed by atoms with Gasteiger partial charge in [-0.3, -0.25) is 14.9 Å². The zero-order valence-corrected chi connectivity index (χ0v) is 18.6. The van der Waals surface area contributed by atoms with Gasteiger partial charge in [-0.05, 0) is 19.1 Å². The number of sulfonamides is 1. The van der Waals surface area contributed by atoms with Crippen LogP contribution in [0, 0.1) is 21.7 Å². The number of carbonyl (C=O) groups excluding carboxylic acids is 1. The number of benzene rings is 2. The molecule has 0 saturated carbocycles. The summed E-state index contributed by atoms with van der Waals surface area (Å²) in [6.45, 7) is 1.39. The van der Waals surface area contributed by atoms with E-state index in [1.165, 1.54) is 18.1 Å². The standard InChI is InChI=1S/C20H21F2N3O7S/c1-3-32-18-12-16(25(27)28)14(11-17(18)31-2)20(26)23-6-8-24(9-7-23)33(29,30)19-5-4-13(21)10-15(19)22/h4-5,10-12H,3,6-9H2,1-2H3. The molecule has 1 fully saturated rings. The van der Waals surface area contributed by atoms with E-state index >= 15 is 0 Å². The lowest BCUT2D eigenvalue weighted by molar-refractivity contribution is -0.385. The Labute approximate surface area is 188 Å². The summed E-state index contributed by atoms with van der Waals surface area (Å²) in [5.74, 6) is -2.56. The first kappa shape index (κ1) is 24.3. The van der Waals surface area contributed by atoms with E-state index in [1.54, 1.807) is 6.92 Å². The maximum absolute atomic E-state index is 14.0. The van der Waals surface area contributed by atoms with Crippen molar-refractivity contribution in [2.24, 2.45) is 0 Å². The Morgan fingerprint density at radius 2 is 1.79 bits per heavy atom. The molecule has 0 N–H and O–H groups in total. The number of piperazine rings is 1. The fourth-order valence-electron chi connectivity index (χ4n) is 3.42. The van der Waals surface area contributed by atoms with Crippen LogP contribution in [0.15, 0.2) is 35.2 Å². The van der Waals surface area contributed by atoms with Crippen molar-refractivity contribution in [1.82, 2.24) is 9.21 Å². The van der Waals surface area contributed by atoms with Gasteiger partial charge in [-0.1, -0.05) is 0 Å². The van der Waals surface area contributed by atoms with Crippen LogP contribution < -0.4 is 9.47 Å². The van der Waals surface area contributed by atoms with Gasteiger partial charge in [0.25, 0.3) is 11.6 Å². The molecule has 0 unspecified atom stereocenters. The lowest BCUT2D eigenvalue weighted by Gasteiger charge is -2.34. The van der Waals surface area contributed by atoms with E-state index in [0.717, 1.165) is 22.5 Å². The van der Waals surface area contributed by atoms with Gasteiger partial charge in [0.1, 0.15) is 22.1 Å². The lowest BCUT2D eigenvalue weighted by atomic mass is 10.1. The van der Waals surface area contributed by atoms with Crippen molar-refractivity contribution in [2.75, 3.05) is 39.9 Å². The average Bonchev–Trinajstić information content (AvgIpc) is 2.78. The Balaban J connectivity index is 1.82. The van der Waals surface area contributed by atoms with Gasteiger partial charge in [0.15, 0.2) is 11.5 Å². The third-order valence-corrected chi connectivity index (χ3v) is 6.98. The van der Waals surface area contributed by atoms with Gasteiger partial charge in [0.2, 0.25) is 10.0 Å². The Morgan fingerprint density at radius 1 is 1.12 bits per heavy atom. The van der Waals surface area contributed by atoms with Crippen LogP contribution in [0.4, 0.5) is 14.5 Å². The van der Waals surface area contributed by atoms with Gasteiger partial charge in [-0.25, -0.2) is 17.2 Å². The van der Waals surface area contributed by atoms with Crippen molar-refractivity contribution < 1.29 is 36.4 Å². The second-order valence-corrected chi connectivity index (χ2v) is 8.89. The number of hydrogen-bond acceptors (Lipinski definition) is 7. The molecule has 0 atom stereocenters. The predicted octanol–water partition coefficient (Wildman–Crippen LogP) is 2.43. The van der Waals surface area contributed by atoms with Crippen molar-refractivity contribution in [3.8, 4) is 11.5 Å². The first-order valence-corrected chi connectivity index (χ1v) is 11.3. The summed E-state index contributed by atoms with van der Waals surface area (Å²) < 4.78 is 64.1. The Hall–Kier alpha value is -3.32. The fourth-order valence-corrected chi connectivity index (χ4v) is 4.89. The molecular formula is C20H21F2N3O7S. The number of nitrogens with zero attached hydrogens (tertiary/aromatic N) is 3. The molecule has 3 rings (SSSR count).